The molecule has 0 saturated heterocycles. The second kappa shape index (κ2) is 2.80. The molecule has 6 aliphatic carbocycles. The van der Waals surface area contributed by atoms with Crippen molar-refractivity contribution in [2.24, 2.45) is 57.7 Å². The van der Waals surface area contributed by atoms with Crippen molar-refractivity contribution in [1.82, 2.24) is 5.43 Å². The Hall–Kier alpha value is -1.17. The molecule has 0 aromatic heterocycles. The third kappa shape index (κ3) is 0.759. The number of esters is 1. The summed E-state index contributed by atoms with van der Waals surface area (Å²) in [6.45, 7) is 0. The van der Waals surface area contributed by atoms with Gasteiger partial charge in [-0.3, -0.25) is 10.2 Å². The summed E-state index contributed by atoms with van der Waals surface area (Å²) < 4.78 is 5.13. The zero-order valence-corrected chi connectivity index (χ0v) is 11.3. The number of nitrogens with zero attached hydrogens (tertiary/aromatic N) is 1. The van der Waals surface area contributed by atoms with Crippen molar-refractivity contribution in [1.29, 1.82) is 0 Å². The number of thiocarbonyl (C=S) groups is 1. The zero-order valence-electron chi connectivity index (χ0n) is 10.5. The van der Waals surface area contributed by atoms with E-state index in [1.54, 1.807) is 0 Å². The molecule has 19 heavy (non-hydrogen) atoms. The molecule has 0 spiro atoms. The number of hydrazone groups is 1. The maximum atomic E-state index is 12.4. The minimum Gasteiger partial charge on any atom is -0.469 e. The van der Waals surface area contributed by atoms with Crippen molar-refractivity contribution < 1.29 is 9.53 Å². The van der Waals surface area contributed by atoms with E-state index in [4.69, 9.17) is 22.7 Å². The van der Waals surface area contributed by atoms with E-state index in [0.29, 0.717) is 23.7 Å². The lowest BCUT2D eigenvalue weighted by Crippen LogP contribution is -2.70. The molecule has 6 saturated carbocycles. The van der Waals surface area contributed by atoms with Crippen LogP contribution < -0.4 is 11.2 Å². The van der Waals surface area contributed by atoms with Crippen LogP contribution in [0.2, 0.25) is 0 Å². The maximum Gasteiger partial charge on any atom is 0.313 e. The van der Waals surface area contributed by atoms with Gasteiger partial charge in [-0.15, -0.1) is 0 Å². The Morgan fingerprint density at radius 3 is 3.05 bits per heavy atom. The molecule has 0 amide bonds. The van der Waals surface area contributed by atoms with Gasteiger partial charge in [-0.05, 0) is 48.2 Å². The van der Waals surface area contributed by atoms with Crippen LogP contribution in [0, 0.1) is 46.8 Å². The van der Waals surface area contributed by atoms with Crippen molar-refractivity contribution in [2.75, 3.05) is 7.11 Å². The van der Waals surface area contributed by atoms with Crippen molar-refractivity contribution in [3.63, 3.8) is 0 Å². The predicted octanol–water partition coefficient (Wildman–Crippen LogP) is 0.106. The first-order chi connectivity index (χ1) is 9.14. The number of hydrogen-bond acceptors (Lipinski definition) is 4. The van der Waals surface area contributed by atoms with E-state index >= 15 is 0 Å². The van der Waals surface area contributed by atoms with Gasteiger partial charge >= 0.3 is 5.97 Å². The van der Waals surface area contributed by atoms with E-state index in [1.807, 2.05) is 0 Å². The van der Waals surface area contributed by atoms with Crippen LogP contribution in [0.3, 0.4) is 0 Å². The monoisotopic (exact) mass is 277 g/mol. The number of nitrogens with two attached hydrogens (primary N) is 1. The van der Waals surface area contributed by atoms with Gasteiger partial charge in [0.15, 0.2) is 5.11 Å². The zero-order chi connectivity index (χ0) is 13.1. The van der Waals surface area contributed by atoms with Crippen LogP contribution in [-0.4, -0.2) is 23.9 Å². The molecule has 6 fully saturated rings. The van der Waals surface area contributed by atoms with Crippen molar-refractivity contribution in [3.05, 3.63) is 0 Å². The lowest BCUT2D eigenvalue weighted by molar-refractivity contribution is -0.246. The van der Waals surface area contributed by atoms with E-state index < -0.39 is 0 Å². The predicted molar refractivity (Wildman–Crippen MR) is 70.9 cm³/mol. The van der Waals surface area contributed by atoms with Crippen LogP contribution in [0.4, 0.5) is 0 Å². The summed E-state index contributed by atoms with van der Waals surface area (Å²) in [7, 11) is 1.51. The smallest absolute Gasteiger partial charge is 0.313 e. The first-order valence-corrected chi connectivity index (χ1v) is 7.26. The van der Waals surface area contributed by atoms with Gasteiger partial charge in [-0.25, -0.2) is 0 Å². The number of carbonyl (C=O) groups excluding carboxylic acids is 1. The molecule has 0 aromatic carbocycles. The van der Waals surface area contributed by atoms with E-state index in [1.165, 1.54) is 13.5 Å². The minimum absolute atomic E-state index is 0.00470. The molecule has 0 heterocycles. The number of ether oxygens (including phenoxy) is 1. The molecule has 0 unspecified atom stereocenters. The molecule has 6 rings (SSSR count). The van der Waals surface area contributed by atoms with Gasteiger partial charge in [0.05, 0.1) is 12.5 Å². The van der Waals surface area contributed by atoms with Crippen LogP contribution in [0.15, 0.2) is 5.10 Å². The number of nitrogens with one attached hydrogen (secondary N) is 1. The van der Waals surface area contributed by atoms with Gasteiger partial charge < -0.3 is 10.5 Å². The van der Waals surface area contributed by atoms with Crippen LogP contribution in [0.25, 0.3) is 0 Å². The second-order valence-electron chi connectivity index (χ2n) is 6.63. The molecule has 8 atom stereocenters. The summed E-state index contributed by atoms with van der Waals surface area (Å²) in [4.78, 5) is 12.4. The highest BCUT2D eigenvalue weighted by atomic mass is 32.1. The molecule has 4 bridgehead atoms. The fraction of sp³-hybridized carbons (Fsp3) is 0.769. The standard InChI is InChI=1S/C13H15N3O2S/c1-18-11(17)13-4-2-3-5-6(4)9(13)7(5)10(8(3)13)15-16-12(14)19/h3-9H,2H2,1H3,(H3,14,16,19)/b15-10-/t3-,4-,5-,6+,7+,8-,9+,13+/m0/s1. The minimum atomic E-state index is -0.236. The summed E-state index contributed by atoms with van der Waals surface area (Å²) in [5.74, 6) is 4.01. The summed E-state index contributed by atoms with van der Waals surface area (Å²) in [6, 6.07) is 0. The van der Waals surface area contributed by atoms with Crippen molar-refractivity contribution >= 4 is 29.0 Å². The molecule has 100 valence electrons. The quantitative estimate of drug-likeness (QED) is 0.425. The fourth-order valence-electron chi connectivity index (χ4n) is 6.81. The normalized spacial score (nSPS) is 59.0. The molecule has 0 aromatic rings. The Balaban J connectivity index is 1.61. The highest BCUT2D eigenvalue weighted by molar-refractivity contribution is 7.80. The summed E-state index contributed by atoms with van der Waals surface area (Å²) in [5, 5.41) is 4.63. The molecule has 0 radical (unpaired) electrons. The average Bonchev–Trinajstić information content (AvgIpc) is 2.84. The summed E-state index contributed by atoms with van der Waals surface area (Å²) in [5.41, 5.74) is 9.10. The Bertz CT molecular complexity index is 576. The lowest BCUT2D eigenvalue weighted by Gasteiger charge is -2.68. The van der Waals surface area contributed by atoms with Crippen LogP contribution in [-0.2, 0) is 9.53 Å². The molecule has 6 heteroatoms. The summed E-state index contributed by atoms with van der Waals surface area (Å²) in [6.07, 6.45) is 1.19. The lowest BCUT2D eigenvalue weighted by atomic mass is 9.34. The van der Waals surface area contributed by atoms with Crippen LogP contribution in [0.5, 0.6) is 0 Å². The van der Waals surface area contributed by atoms with E-state index in [2.05, 4.69) is 10.5 Å². The van der Waals surface area contributed by atoms with Gasteiger partial charge in [0.2, 0.25) is 0 Å². The Kier molecular flexibility index (Phi) is 1.56. The van der Waals surface area contributed by atoms with Gasteiger partial charge in [-0.1, -0.05) is 0 Å². The van der Waals surface area contributed by atoms with E-state index in [9.17, 15) is 4.79 Å². The SMILES string of the molecule is COC(=O)[C@@]12[C@H]3[C@@H]4/C(=N/NC(N)=S)[C@@H]1[C@H]1C[C@H]2[C@@H]3[C@H]14. The van der Waals surface area contributed by atoms with Gasteiger partial charge in [0, 0.05) is 17.5 Å². The van der Waals surface area contributed by atoms with Gasteiger partial charge in [0.25, 0.3) is 0 Å². The summed E-state index contributed by atoms with van der Waals surface area (Å²) >= 11 is 4.82. The van der Waals surface area contributed by atoms with Crippen molar-refractivity contribution in [3.8, 4) is 0 Å². The first-order valence-electron chi connectivity index (χ1n) is 6.85. The maximum absolute atomic E-state index is 12.4. The number of carbonyl (C=O) groups is 1. The largest absolute Gasteiger partial charge is 0.469 e. The number of rotatable bonds is 2. The molecule has 6 aliphatic rings. The van der Waals surface area contributed by atoms with Crippen molar-refractivity contribution in [2.45, 2.75) is 6.42 Å². The first kappa shape index (κ1) is 10.6. The van der Waals surface area contributed by atoms with Crippen LogP contribution in [0.1, 0.15) is 6.42 Å². The molecule has 5 nitrogen and oxygen atoms in total. The third-order valence-corrected chi connectivity index (χ3v) is 6.84. The highest BCUT2D eigenvalue weighted by Crippen LogP contribution is 2.92. The second-order valence-corrected chi connectivity index (χ2v) is 7.07. The third-order valence-electron chi connectivity index (χ3n) is 6.75. The van der Waals surface area contributed by atoms with Gasteiger partial charge in [-0.2, -0.15) is 5.10 Å². The average molecular weight is 277 g/mol. The Morgan fingerprint density at radius 1 is 1.58 bits per heavy atom. The molecule has 3 N–H and O–H groups in total. The Labute approximate surface area is 115 Å². The number of hydrogen-bond donors (Lipinski definition) is 2. The fourth-order valence-corrected chi connectivity index (χ4v) is 6.85. The highest BCUT2D eigenvalue weighted by Gasteiger charge is 2.95. The molecular weight excluding hydrogens is 262 g/mol. The topological polar surface area (TPSA) is 76.7 Å². The number of methoxy groups -OCH3 is 1. The Morgan fingerprint density at radius 2 is 2.37 bits per heavy atom. The van der Waals surface area contributed by atoms with Crippen LogP contribution >= 0.6 is 12.2 Å². The molecule has 0 aliphatic heterocycles. The van der Waals surface area contributed by atoms with E-state index in [0.717, 1.165) is 17.5 Å². The molecular formula is C13H15N3O2S. The van der Waals surface area contributed by atoms with Gasteiger partial charge in [0.1, 0.15) is 0 Å². The van der Waals surface area contributed by atoms with E-state index in [-0.39, 0.29) is 22.4 Å².